The van der Waals surface area contributed by atoms with Gasteiger partial charge in [-0.25, -0.2) is 9.36 Å². The van der Waals surface area contributed by atoms with E-state index in [0.717, 1.165) is 12.1 Å². The van der Waals surface area contributed by atoms with Gasteiger partial charge >= 0.3 is 11.9 Å². The number of benzene rings is 2. The maximum absolute atomic E-state index is 13.3. The average molecular weight is 446 g/mol. The molecule has 3 aromatic rings. The van der Waals surface area contributed by atoms with E-state index in [0.29, 0.717) is 9.25 Å². The lowest BCUT2D eigenvalue weighted by Gasteiger charge is -2.16. The van der Waals surface area contributed by atoms with Gasteiger partial charge in [0.2, 0.25) is 5.69 Å². The molecule has 0 bridgehead atoms. The highest BCUT2D eigenvalue weighted by Gasteiger charge is 2.33. The van der Waals surface area contributed by atoms with Crippen LogP contribution in [0.4, 0.5) is 13.2 Å². The lowest BCUT2D eigenvalue weighted by molar-refractivity contribution is -0.137. The Hall–Kier alpha value is -3.89. The van der Waals surface area contributed by atoms with E-state index in [2.05, 4.69) is 5.10 Å². The van der Waals surface area contributed by atoms with Crippen LogP contribution in [-0.4, -0.2) is 14.3 Å². The van der Waals surface area contributed by atoms with Crippen molar-refractivity contribution in [3.05, 3.63) is 79.6 Å². The Morgan fingerprint density at radius 2 is 1.81 bits per heavy atom. The van der Waals surface area contributed by atoms with Gasteiger partial charge in [0.05, 0.1) is 22.3 Å². The molecule has 0 aliphatic rings. The van der Waals surface area contributed by atoms with Crippen LogP contribution < -0.4 is 11.2 Å². The zero-order valence-corrected chi connectivity index (χ0v) is 16.4. The molecule has 0 aliphatic heterocycles. The molecule has 3 rings (SSSR count). The summed E-state index contributed by atoms with van der Waals surface area (Å²) in [4.78, 5) is 25.3. The molecule has 0 radical (unpaired) electrons. The fraction of sp³-hybridized carbons (Fsp3) is 0.150. The van der Waals surface area contributed by atoms with Crippen LogP contribution in [-0.2, 0) is 6.18 Å². The van der Waals surface area contributed by atoms with Crippen molar-refractivity contribution >= 4 is 11.6 Å². The first-order valence-electron chi connectivity index (χ1n) is 8.62. The molecule has 0 spiro atoms. The molecule has 0 aliphatic carbocycles. The minimum atomic E-state index is -4.71. The Balaban J connectivity index is 2.36. The molecule has 7 nitrogen and oxygen atoms in total. The van der Waals surface area contributed by atoms with Gasteiger partial charge in [-0.05, 0) is 30.7 Å². The zero-order valence-electron chi connectivity index (χ0n) is 15.7. The Kier molecular flexibility index (Phi) is 5.69. The molecule has 1 aromatic heterocycles. The lowest BCUT2D eigenvalue weighted by atomic mass is 10.0. The third kappa shape index (κ3) is 3.93. The van der Waals surface area contributed by atoms with E-state index >= 15 is 0 Å². The summed E-state index contributed by atoms with van der Waals surface area (Å²) in [5.74, 6) is 0. The summed E-state index contributed by atoms with van der Waals surface area (Å²) in [5, 5.41) is 21.7. The second-order valence-electron chi connectivity index (χ2n) is 6.34. The Morgan fingerprint density at radius 3 is 2.42 bits per heavy atom. The molecule has 1 unspecified atom stereocenters. The van der Waals surface area contributed by atoms with E-state index in [4.69, 9.17) is 16.9 Å². The van der Waals surface area contributed by atoms with E-state index in [9.17, 15) is 28.0 Å². The lowest BCUT2D eigenvalue weighted by Crippen LogP contribution is -2.43. The van der Waals surface area contributed by atoms with E-state index < -0.39 is 39.7 Å². The van der Waals surface area contributed by atoms with Crippen LogP contribution in [0.25, 0.3) is 16.8 Å². The summed E-state index contributed by atoms with van der Waals surface area (Å²) in [6.07, 6.45) is -4.71. The van der Waals surface area contributed by atoms with Gasteiger partial charge in [-0.2, -0.15) is 28.4 Å². The summed E-state index contributed by atoms with van der Waals surface area (Å²) >= 11 is 5.69. The van der Waals surface area contributed by atoms with E-state index in [1.54, 1.807) is 12.1 Å². The van der Waals surface area contributed by atoms with E-state index in [-0.39, 0.29) is 16.8 Å². The number of hydrogen-bond donors (Lipinski definition) is 0. The minimum absolute atomic E-state index is 0.0123. The van der Waals surface area contributed by atoms with Crippen LogP contribution in [0.3, 0.4) is 0 Å². The second kappa shape index (κ2) is 8.09. The number of alkyl halides is 3. The molecule has 0 fully saturated rings. The predicted octanol–water partition coefficient (Wildman–Crippen LogP) is 3.69. The second-order valence-corrected chi connectivity index (χ2v) is 6.75. The zero-order chi connectivity index (χ0) is 22.9. The number of aromatic nitrogens is 3. The van der Waals surface area contributed by atoms with Crippen LogP contribution in [0.1, 0.15) is 24.2 Å². The number of nitrogens with zero attached hydrogens (tertiary/aromatic N) is 5. The van der Waals surface area contributed by atoms with E-state index in [1.807, 2.05) is 0 Å². The number of halogens is 4. The highest BCUT2D eigenvalue weighted by atomic mass is 35.5. The first-order chi connectivity index (χ1) is 14.6. The van der Waals surface area contributed by atoms with Gasteiger partial charge in [0.15, 0.2) is 0 Å². The average Bonchev–Trinajstić information content (AvgIpc) is 2.73. The van der Waals surface area contributed by atoms with Crippen molar-refractivity contribution in [2.24, 2.45) is 0 Å². The molecule has 11 heteroatoms. The number of hydrogen-bond acceptors (Lipinski definition) is 5. The molecule has 0 amide bonds. The molecule has 0 saturated heterocycles. The van der Waals surface area contributed by atoms with Crippen molar-refractivity contribution < 1.29 is 13.2 Å². The van der Waals surface area contributed by atoms with Gasteiger partial charge in [-0.1, -0.05) is 35.9 Å². The molecule has 0 N–H and O–H groups in total. The normalized spacial score (nSPS) is 12.1. The van der Waals surface area contributed by atoms with Crippen molar-refractivity contribution in [1.29, 1.82) is 10.5 Å². The maximum Gasteiger partial charge on any atom is 0.417 e. The van der Waals surface area contributed by atoms with Crippen molar-refractivity contribution in [3.63, 3.8) is 0 Å². The fourth-order valence-electron chi connectivity index (χ4n) is 2.93. The summed E-state index contributed by atoms with van der Waals surface area (Å²) in [5.41, 5.74) is -3.52. The van der Waals surface area contributed by atoms with Gasteiger partial charge in [-0.3, -0.25) is 4.79 Å². The van der Waals surface area contributed by atoms with Gasteiger partial charge in [0, 0.05) is 5.56 Å². The van der Waals surface area contributed by atoms with Crippen LogP contribution in [0, 0.1) is 22.7 Å². The van der Waals surface area contributed by atoms with Crippen LogP contribution >= 0.6 is 11.6 Å². The summed E-state index contributed by atoms with van der Waals surface area (Å²) < 4.78 is 41.2. The highest BCUT2D eigenvalue weighted by molar-refractivity contribution is 6.31. The fourth-order valence-corrected chi connectivity index (χ4v) is 3.15. The smallest absolute Gasteiger partial charge is 0.266 e. The van der Waals surface area contributed by atoms with E-state index in [1.165, 1.54) is 37.3 Å². The van der Waals surface area contributed by atoms with Crippen LogP contribution in [0.15, 0.2) is 52.1 Å². The molecule has 1 heterocycles. The maximum atomic E-state index is 13.3. The van der Waals surface area contributed by atoms with Gasteiger partial charge in [0.25, 0.3) is 5.56 Å². The van der Waals surface area contributed by atoms with Gasteiger partial charge < -0.3 is 0 Å². The number of nitriles is 2. The van der Waals surface area contributed by atoms with Gasteiger partial charge in [0.1, 0.15) is 12.1 Å². The standard InChI is InChI=1S/C20H11ClF3N5O2/c1-11(9-25)28-18(30)16(10-26)27-29(19(28)31)17-5-3-2-4-13(17)12-6-7-15(21)14(8-12)20(22,23)24/h2-8,11H,1H3. The molecule has 1 atom stereocenters. The summed E-state index contributed by atoms with van der Waals surface area (Å²) in [6.45, 7) is 1.29. The van der Waals surface area contributed by atoms with Crippen molar-refractivity contribution in [2.45, 2.75) is 19.1 Å². The van der Waals surface area contributed by atoms with Gasteiger partial charge in [-0.15, -0.1) is 5.10 Å². The Morgan fingerprint density at radius 1 is 1.13 bits per heavy atom. The Labute approximate surface area is 177 Å². The third-order valence-corrected chi connectivity index (χ3v) is 4.73. The molecule has 0 saturated carbocycles. The Bertz CT molecular complexity index is 1380. The number of rotatable bonds is 3. The molecular formula is C20H11ClF3N5O2. The highest BCUT2D eigenvalue weighted by Crippen LogP contribution is 2.38. The first-order valence-corrected chi connectivity index (χ1v) is 9.00. The monoisotopic (exact) mass is 445 g/mol. The third-order valence-electron chi connectivity index (χ3n) is 4.40. The van der Waals surface area contributed by atoms with Crippen LogP contribution in [0.2, 0.25) is 5.02 Å². The quantitative estimate of drug-likeness (QED) is 0.611. The minimum Gasteiger partial charge on any atom is -0.266 e. The molecule has 31 heavy (non-hydrogen) atoms. The van der Waals surface area contributed by atoms with Crippen molar-refractivity contribution in [3.8, 4) is 29.0 Å². The molecule has 156 valence electrons. The first kappa shape index (κ1) is 21.8. The molecular weight excluding hydrogens is 435 g/mol. The van der Waals surface area contributed by atoms with Crippen molar-refractivity contribution in [2.75, 3.05) is 0 Å². The largest absolute Gasteiger partial charge is 0.417 e. The van der Waals surface area contributed by atoms with Crippen molar-refractivity contribution in [1.82, 2.24) is 14.3 Å². The number of para-hydroxylation sites is 1. The summed E-state index contributed by atoms with van der Waals surface area (Å²) in [6, 6.07) is 11.2. The summed E-state index contributed by atoms with van der Waals surface area (Å²) in [7, 11) is 0. The SMILES string of the molecule is CC(C#N)n1c(=O)c(C#N)nn(-c2ccccc2-c2ccc(Cl)c(C(F)(F)F)c2)c1=O. The molecule has 2 aromatic carbocycles. The van der Waals surface area contributed by atoms with Crippen LogP contribution in [0.5, 0.6) is 0 Å². The topological polar surface area (TPSA) is 104 Å². The predicted molar refractivity (Wildman–Crippen MR) is 105 cm³/mol.